The molecule has 1 fully saturated rings. The zero-order chi connectivity index (χ0) is 14.7. The van der Waals surface area contributed by atoms with Gasteiger partial charge in [0.1, 0.15) is 18.0 Å². The van der Waals surface area contributed by atoms with E-state index in [1.807, 2.05) is 6.07 Å². The second kappa shape index (κ2) is 6.27. The van der Waals surface area contributed by atoms with E-state index in [1.165, 1.54) is 18.1 Å². The normalized spacial score (nSPS) is 17.9. The Hall–Kier alpha value is -1.55. The molecule has 0 saturated carbocycles. The van der Waals surface area contributed by atoms with Gasteiger partial charge in [0.25, 0.3) is 5.91 Å². The van der Waals surface area contributed by atoms with Gasteiger partial charge in [-0.15, -0.1) is 0 Å². The first-order valence-electron chi connectivity index (χ1n) is 7.18. The van der Waals surface area contributed by atoms with Crippen molar-refractivity contribution in [3.05, 3.63) is 29.3 Å². The van der Waals surface area contributed by atoms with Gasteiger partial charge in [-0.25, -0.2) is 0 Å². The van der Waals surface area contributed by atoms with E-state index >= 15 is 0 Å². The van der Waals surface area contributed by atoms with E-state index < -0.39 is 6.10 Å². The van der Waals surface area contributed by atoms with Crippen LogP contribution in [0.2, 0.25) is 0 Å². The predicted octanol–water partition coefficient (Wildman–Crippen LogP) is 2.05. The fourth-order valence-electron chi connectivity index (χ4n) is 2.44. The summed E-state index contributed by atoms with van der Waals surface area (Å²) in [6, 6.07) is 6.12. The van der Waals surface area contributed by atoms with Crippen LogP contribution in [0.25, 0.3) is 0 Å². The number of nitrogens with zero attached hydrogens (tertiary/aromatic N) is 1. The maximum absolute atomic E-state index is 11.7. The summed E-state index contributed by atoms with van der Waals surface area (Å²) < 4.78 is 5.98. The van der Waals surface area contributed by atoms with Gasteiger partial charge in [-0.2, -0.15) is 0 Å². The van der Waals surface area contributed by atoms with Crippen molar-refractivity contribution in [2.24, 2.45) is 0 Å². The van der Waals surface area contributed by atoms with Crippen LogP contribution >= 0.6 is 0 Å². The summed E-state index contributed by atoms with van der Waals surface area (Å²) in [6.45, 7) is 6.98. The van der Waals surface area contributed by atoms with Gasteiger partial charge < -0.3 is 14.7 Å². The SMILES string of the molecule is Cc1ccc(OC2CCN(C(=O)C(C)O)CC2)cc1C. The predicted molar refractivity (Wildman–Crippen MR) is 77.8 cm³/mol. The molecule has 0 aliphatic carbocycles. The lowest BCUT2D eigenvalue weighted by Gasteiger charge is -2.33. The second-order valence-electron chi connectivity index (χ2n) is 5.56. The monoisotopic (exact) mass is 277 g/mol. The van der Waals surface area contributed by atoms with Crippen LogP contribution in [0.15, 0.2) is 18.2 Å². The van der Waals surface area contributed by atoms with E-state index in [0.29, 0.717) is 13.1 Å². The van der Waals surface area contributed by atoms with Crippen LogP contribution < -0.4 is 4.74 Å². The van der Waals surface area contributed by atoms with E-state index in [9.17, 15) is 9.90 Å². The van der Waals surface area contributed by atoms with Gasteiger partial charge >= 0.3 is 0 Å². The summed E-state index contributed by atoms with van der Waals surface area (Å²) in [6.07, 6.45) is 0.860. The van der Waals surface area contributed by atoms with Crippen LogP contribution in [0.4, 0.5) is 0 Å². The van der Waals surface area contributed by atoms with Crippen molar-refractivity contribution in [1.29, 1.82) is 0 Å². The lowest BCUT2D eigenvalue weighted by atomic mass is 10.1. The average molecular weight is 277 g/mol. The first kappa shape index (κ1) is 14.9. The van der Waals surface area contributed by atoms with E-state index in [0.717, 1.165) is 18.6 Å². The van der Waals surface area contributed by atoms with Crippen LogP contribution in [-0.4, -0.2) is 41.2 Å². The molecule has 4 nitrogen and oxygen atoms in total. The van der Waals surface area contributed by atoms with Crippen molar-refractivity contribution in [3.8, 4) is 5.75 Å². The molecule has 1 aliphatic rings. The third-order valence-electron chi connectivity index (χ3n) is 3.89. The molecule has 1 saturated heterocycles. The lowest BCUT2D eigenvalue weighted by molar-refractivity contribution is -0.141. The molecule has 0 bridgehead atoms. The minimum Gasteiger partial charge on any atom is -0.490 e. The number of amides is 1. The van der Waals surface area contributed by atoms with Crippen LogP contribution in [0, 0.1) is 13.8 Å². The number of benzene rings is 1. The average Bonchev–Trinajstić information content (AvgIpc) is 2.43. The zero-order valence-corrected chi connectivity index (χ0v) is 12.4. The van der Waals surface area contributed by atoms with Crippen molar-refractivity contribution < 1.29 is 14.6 Å². The van der Waals surface area contributed by atoms with Gasteiger partial charge in [-0.1, -0.05) is 6.07 Å². The topological polar surface area (TPSA) is 49.8 Å². The van der Waals surface area contributed by atoms with Crippen molar-refractivity contribution in [1.82, 2.24) is 4.90 Å². The molecular weight excluding hydrogens is 254 g/mol. The molecule has 110 valence electrons. The quantitative estimate of drug-likeness (QED) is 0.920. The van der Waals surface area contributed by atoms with Crippen LogP contribution in [0.3, 0.4) is 0 Å². The number of likely N-dealkylation sites (tertiary alicyclic amines) is 1. The van der Waals surface area contributed by atoms with E-state index in [4.69, 9.17) is 4.74 Å². The lowest BCUT2D eigenvalue weighted by Crippen LogP contribution is -2.45. The maximum atomic E-state index is 11.7. The Labute approximate surface area is 120 Å². The zero-order valence-electron chi connectivity index (χ0n) is 12.4. The number of aryl methyl sites for hydroxylation is 2. The van der Waals surface area contributed by atoms with Gasteiger partial charge in [0, 0.05) is 25.9 Å². The fraction of sp³-hybridized carbons (Fsp3) is 0.562. The highest BCUT2D eigenvalue weighted by Crippen LogP contribution is 2.22. The molecule has 0 spiro atoms. The van der Waals surface area contributed by atoms with Gasteiger partial charge in [0.15, 0.2) is 0 Å². The molecule has 0 aromatic heterocycles. The van der Waals surface area contributed by atoms with Gasteiger partial charge in [-0.3, -0.25) is 4.79 Å². The Kier molecular flexibility index (Phi) is 4.65. The van der Waals surface area contributed by atoms with Crippen molar-refractivity contribution in [3.63, 3.8) is 0 Å². The first-order chi connectivity index (χ1) is 9.47. The number of aliphatic hydroxyl groups excluding tert-OH is 1. The van der Waals surface area contributed by atoms with Gasteiger partial charge in [0.05, 0.1) is 0 Å². The maximum Gasteiger partial charge on any atom is 0.251 e. The highest BCUT2D eigenvalue weighted by molar-refractivity contribution is 5.80. The smallest absolute Gasteiger partial charge is 0.251 e. The Morgan fingerprint density at radius 3 is 2.50 bits per heavy atom. The summed E-state index contributed by atoms with van der Waals surface area (Å²) in [5.41, 5.74) is 2.49. The number of hydrogen-bond acceptors (Lipinski definition) is 3. The number of aliphatic hydroxyl groups is 1. The third kappa shape index (κ3) is 3.51. The molecule has 4 heteroatoms. The summed E-state index contributed by atoms with van der Waals surface area (Å²) in [7, 11) is 0. The van der Waals surface area contributed by atoms with E-state index in [1.54, 1.807) is 4.90 Å². The Morgan fingerprint density at radius 1 is 1.30 bits per heavy atom. The van der Waals surface area contributed by atoms with Crippen molar-refractivity contribution in [2.75, 3.05) is 13.1 Å². The number of carbonyl (C=O) groups is 1. The van der Waals surface area contributed by atoms with Crippen LogP contribution in [0.1, 0.15) is 30.9 Å². The number of rotatable bonds is 3. The Bertz CT molecular complexity index is 477. The molecule has 1 atom stereocenters. The van der Waals surface area contributed by atoms with E-state index in [-0.39, 0.29) is 12.0 Å². The van der Waals surface area contributed by atoms with Gasteiger partial charge in [-0.05, 0) is 44.0 Å². The Balaban J connectivity index is 1.88. The molecule has 1 N–H and O–H groups in total. The molecule has 1 aromatic rings. The summed E-state index contributed by atoms with van der Waals surface area (Å²) in [5, 5.41) is 9.31. The number of hydrogen-bond donors (Lipinski definition) is 1. The highest BCUT2D eigenvalue weighted by atomic mass is 16.5. The molecular formula is C16H23NO3. The first-order valence-corrected chi connectivity index (χ1v) is 7.18. The molecule has 2 rings (SSSR count). The summed E-state index contributed by atoms with van der Waals surface area (Å²) in [5.74, 6) is 0.711. The molecule has 1 aromatic carbocycles. The highest BCUT2D eigenvalue weighted by Gasteiger charge is 2.25. The number of carbonyl (C=O) groups excluding carboxylic acids is 1. The second-order valence-corrected chi connectivity index (χ2v) is 5.56. The van der Waals surface area contributed by atoms with Gasteiger partial charge in [0.2, 0.25) is 0 Å². The molecule has 1 amide bonds. The number of ether oxygens (including phenoxy) is 1. The van der Waals surface area contributed by atoms with Crippen LogP contribution in [-0.2, 0) is 4.79 Å². The van der Waals surface area contributed by atoms with Crippen molar-refractivity contribution in [2.45, 2.75) is 45.8 Å². The Morgan fingerprint density at radius 2 is 1.95 bits per heavy atom. The minimum atomic E-state index is -0.910. The minimum absolute atomic E-state index is 0.148. The van der Waals surface area contributed by atoms with E-state index in [2.05, 4.69) is 26.0 Å². The fourth-order valence-corrected chi connectivity index (χ4v) is 2.44. The molecule has 1 aliphatic heterocycles. The molecule has 0 radical (unpaired) electrons. The molecule has 1 unspecified atom stereocenters. The standard InChI is InChI=1S/C16H23NO3/c1-11-4-5-15(10-12(11)2)20-14-6-8-17(9-7-14)16(19)13(3)18/h4-5,10,13-14,18H,6-9H2,1-3H3. The number of piperidine rings is 1. The third-order valence-corrected chi connectivity index (χ3v) is 3.89. The van der Waals surface area contributed by atoms with Crippen molar-refractivity contribution >= 4 is 5.91 Å². The summed E-state index contributed by atoms with van der Waals surface area (Å²) >= 11 is 0. The molecule has 1 heterocycles. The van der Waals surface area contributed by atoms with Crippen LogP contribution in [0.5, 0.6) is 5.75 Å². The largest absolute Gasteiger partial charge is 0.490 e. The molecule has 20 heavy (non-hydrogen) atoms. The summed E-state index contributed by atoms with van der Waals surface area (Å²) in [4.78, 5) is 13.4.